The quantitative estimate of drug-likeness (QED) is 0.170. The summed E-state index contributed by atoms with van der Waals surface area (Å²) in [4.78, 5) is 34.3. The number of fused-ring (bicyclic) bond motifs is 1. The number of rotatable bonds is 11. The van der Waals surface area contributed by atoms with Crippen molar-refractivity contribution < 1.29 is 62.6 Å². The molecule has 20 heteroatoms. The van der Waals surface area contributed by atoms with Gasteiger partial charge in [-0.15, -0.1) is 0 Å². The van der Waals surface area contributed by atoms with Crippen LogP contribution in [0.25, 0.3) is 11.2 Å². The predicted molar refractivity (Wildman–Crippen MR) is 167 cm³/mol. The van der Waals surface area contributed by atoms with Gasteiger partial charge in [0.25, 0.3) is 12.3 Å². The Morgan fingerprint density at radius 1 is 0.943 bits per heavy atom. The number of alkyl halides is 11. The van der Waals surface area contributed by atoms with E-state index in [4.69, 9.17) is 4.74 Å². The lowest BCUT2D eigenvalue weighted by Crippen LogP contribution is -2.48. The fourth-order valence-corrected chi connectivity index (χ4v) is 6.79. The molecule has 0 spiro atoms. The number of halogens is 11. The number of hydrogen-bond donors (Lipinski definition) is 3. The van der Waals surface area contributed by atoms with Crippen LogP contribution in [-0.4, -0.2) is 58.3 Å². The van der Waals surface area contributed by atoms with Gasteiger partial charge >= 0.3 is 18.5 Å². The summed E-state index contributed by atoms with van der Waals surface area (Å²) in [6.07, 6.45) is -17.3. The van der Waals surface area contributed by atoms with Crippen molar-refractivity contribution in [2.24, 2.45) is 24.3 Å². The summed E-state index contributed by atoms with van der Waals surface area (Å²) in [5.41, 5.74) is -4.91. The number of amides is 2. The number of nitrogens with one attached hydrogen (secondary N) is 3. The molecule has 2 saturated carbocycles. The van der Waals surface area contributed by atoms with E-state index in [9.17, 15) is 57.9 Å². The third-order valence-corrected chi connectivity index (χ3v) is 9.78. The average Bonchev–Trinajstić information content (AvgIpc) is 3.70. The summed E-state index contributed by atoms with van der Waals surface area (Å²) in [5, 5.41) is 7.27. The molecule has 3 aromatic rings. The molecule has 1 aromatic carbocycles. The SMILES string of the molecule is Cn1c(Nc2cc(CNC(=O)C3(C(F)(F)F)CCCC3)ccc2C(F)(F)F)nc2cc(C(=O)NCC3CCC(C(F)(F)F)CC3)c(OCC(F)F)nc21. The molecule has 2 fully saturated rings. The molecule has 53 heavy (non-hydrogen) atoms. The zero-order chi connectivity index (χ0) is 38.9. The lowest BCUT2D eigenvalue weighted by molar-refractivity contribution is -0.220. The van der Waals surface area contributed by atoms with E-state index >= 15 is 0 Å². The number of ether oxygens (including phenoxy) is 1. The van der Waals surface area contributed by atoms with Crippen LogP contribution in [0, 0.1) is 17.3 Å². The molecule has 5 rings (SSSR count). The number of aromatic nitrogens is 3. The minimum absolute atomic E-state index is 0.0228. The Labute approximate surface area is 295 Å². The summed E-state index contributed by atoms with van der Waals surface area (Å²) < 4.78 is 155. The summed E-state index contributed by atoms with van der Waals surface area (Å²) in [7, 11) is 1.31. The Kier molecular flexibility index (Phi) is 11.4. The van der Waals surface area contributed by atoms with Gasteiger partial charge in [-0.2, -0.15) is 44.5 Å². The number of carbonyl (C=O) groups excluding carboxylic acids is 2. The minimum Gasteiger partial charge on any atom is -0.471 e. The second-order valence-corrected chi connectivity index (χ2v) is 13.3. The molecule has 292 valence electrons. The van der Waals surface area contributed by atoms with Gasteiger partial charge in [-0.1, -0.05) is 18.9 Å². The Bertz CT molecular complexity index is 1790. The minimum atomic E-state index is -4.93. The zero-order valence-corrected chi connectivity index (χ0v) is 28.0. The first-order valence-electron chi connectivity index (χ1n) is 16.6. The molecule has 2 aliphatic carbocycles. The van der Waals surface area contributed by atoms with Crippen LogP contribution in [0.3, 0.4) is 0 Å². The fourth-order valence-electron chi connectivity index (χ4n) is 6.79. The molecule has 9 nitrogen and oxygen atoms in total. The van der Waals surface area contributed by atoms with Crippen molar-refractivity contribution in [1.82, 2.24) is 25.2 Å². The van der Waals surface area contributed by atoms with Crippen molar-refractivity contribution in [3.05, 3.63) is 41.0 Å². The van der Waals surface area contributed by atoms with Gasteiger partial charge < -0.3 is 20.7 Å². The van der Waals surface area contributed by atoms with E-state index in [0.717, 1.165) is 22.8 Å². The van der Waals surface area contributed by atoms with E-state index in [1.54, 1.807) is 0 Å². The monoisotopic (exact) mass is 772 g/mol. The standard InChI is InChI=1S/C33H35F11N6O3/c1-50-25-23(13-20(27(49-25)53-16-24(34)35)26(51)45-14-17-4-7-19(8-5-17)31(36,37)38)48-29(50)47-22-12-18(6-9-21(22)32(39,40)41)15-46-28(52)30(33(42,43)44)10-2-3-11-30/h6,9,12-13,17,19,24H,2-5,7-8,10-11,14-16H2,1H3,(H,45,51)(H,46,52)(H,47,48). The van der Waals surface area contributed by atoms with Crippen LogP contribution in [0.5, 0.6) is 5.88 Å². The van der Waals surface area contributed by atoms with Crippen molar-refractivity contribution in [2.75, 3.05) is 18.5 Å². The number of anilines is 2. The Balaban J connectivity index is 1.39. The lowest BCUT2D eigenvalue weighted by Gasteiger charge is -2.30. The van der Waals surface area contributed by atoms with Crippen LogP contribution in [-0.2, 0) is 24.6 Å². The van der Waals surface area contributed by atoms with Crippen LogP contribution in [0.2, 0.25) is 0 Å². The highest BCUT2D eigenvalue weighted by Gasteiger charge is 2.60. The van der Waals surface area contributed by atoms with Gasteiger partial charge in [0.1, 0.15) is 16.5 Å². The molecular formula is C33H35F11N6O3. The molecule has 0 unspecified atom stereocenters. The summed E-state index contributed by atoms with van der Waals surface area (Å²) >= 11 is 0. The molecule has 2 aromatic heterocycles. The second kappa shape index (κ2) is 15.2. The van der Waals surface area contributed by atoms with Gasteiger partial charge in [0.15, 0.2) is 12.3 Å². The number of carbonyl (C=O) groups is 2. The maximum atomic E-state index is 14.1. The van der Waals surface area contributed by atoms with E-state index in [1.165, 1.54) is 7.05 Å². The predicted octanol–water partition coefficient (Wildman–Crippen LogP) is 8.21. The van der Waals surface area contributed by atoms with E-state index in [0.29, 0.717) is 6.07 Å². The molecule has 0 aliphatic heterocycles. The first kappa shape index (κ1) is 39.8. The van der Waals surface area contributed by atoms with Crippen LogP contribution < -0.4 is 20.7 Å². The number of benzene rings is 1. The number of nitrogens with zero attached hydrogens (tertiary/aromatic N) is 3. The van der Waals surface area contributed by atoms with Crippen LogP contribution in [0.1, 0.15) is 72.9 Å². The zero-order valence-electron chi connectivity index (χ0n) is 28.0. The van der Waals surface area contributed by atoms with Gasteiger partial charge in [0.2, 0.25) is 17.7 Å². The van der Waals surface area contributed by atoms with Crippen molar-refractivity contribution in [2.45, 2.75) is 82.9 Å². The fraction of sp³-hybridized carbons (Fsp3) is 0.576. The molecular weight excluding hydrogens is 737 g/mol. The van der Waals surface area contributed by atoms with Gasteiger partial charge in [-0.05, 0) is 68.2 Å². The molecule has 2 heterocycles. The van der Waals surface area contributed by atoms with Crippen LogP contribution in [0.4, 0.5) is 59.9 Å². The highest BCUT2D eigenvalue weighted by atomic mass is 19.4. The highest BCUT2D eigenvalue weighted by molar-refractivity contribution is 5.99. The maximum absolute atomic E-state index is 14.1. The smallest absolute Gasteiger partial charge is 0.418 e. The van der Waals surface area contributed by atoms with Crippen molar-refractivity contribution in [3.8, 4) is 5.88 Å². The highest BCUT2D eigenvalue weighted by Crippen LogP contribution is 2.50. The van der Waals surface area contributed by atoms with E-state index in [2.05, 4.69) is 25.9 Å². The van der Waals surface area contributed by atoms with Crippen molar-refractivity contribution in [3.63, 3.8) is 0 Å². The van der Waals surface area contributed by atoms with Crippen LogP contribution in [0.15, 0.2) is 24.3 Å². The topological polar surface area (TPSA) is 110 Å². The van der Waals surface area contributed by atoms with Crippen molar-refractivity contribution >= 4 is 34.6 Å². The second-order valence-electron chi connectivity index (χ2n) is 13.3. The molecule has 0 radical (unpaired) electrons. The number of aryl methyl sites for hydroxylation is 1. The molecule has 0 atom stereocenters. The lowest BCUT2D eigenvalue weighted by atomic mass is 9.81. The first-order valence-corrected chi connectivity index (χ1v) is 16.6. The van der Waals surface area contributed by atoms with Crippen LogP contribution >= 0.6 is 0 Å². The molecule has 3 N–H and O–H groups in total. The van der Waals surface area contributed by atoms with Gasteiger partial charge in [0, 0.05) is 20.1 Å². The maximum Gasteiger partial charge on any atom is 0.418 e. The van der Waals surface area contributed by atoms with Crippen molar-refractivity contribution in [1.29, 1.82) is 0 Å². The Hall–Kier alpha value is -4.39. The van der Waals surface area contributed by atoms with Gasteiger partial charge in [0.05, 0.1) is 17.2 Å². The largest absolute Gasteiger partial charge is 0.471 e. The molecule has 0 saturated heterocycles. The average molecular weight is 773 g/mol. The van der Waals surface area contributed by atoms with E-state index in [1.807, 2.05) is 0 Å². The van der Waals surface area contributed by atoms with Gasteiger partial charge in [-0.25, -0.2) is 13.8 Å². The summed E-state index contributed by atoms with van der Waals surface area (Å²) in [6, 6.07) is 3.76. The number of imidazole rings is 1. The Morgan fingerprint density at radius 3 is 2.19 bits per heavy atom. The molecule has 2 aliphatic rings. The first-order chi connectivity index (χ1) is 24.7. The van der Waals surface area contributed by atoms with Gasteiger partial charge in [-0.3, -0.25) is 14.2 Å². The van der Waals surface area contributed by atoms with E-state index < -0.39 is 91.2 Å². The Morgan fingerprint density at radius 2 is 1.60 bits per heavy atom. The third kappa shape index (κ3) is 8.88. The summed E-state index contributed by atoms with van der Waals surface area (Å²) in [5.74, 6) is -4.70. The number of hydrogen-bond acceptors (Lipinski definition) is 6. The van der Waals surface area contributed by atoms with E-state index in [-0.39, 0.29) is 79.2 Å². The number of pyridine rings is 1. The molecule has 0 bridgehead atoms. The normalized spacial score (nSPS) is 19.4. The third-order valence-electron chi connectivity index (χ3n) is 9.78. The molecule has 2 amide bonds. The summed E-state index contributed by atoms with van der Waals surface area (Å²) in [6.45, 7) is -1.73.